The maximum absolute atomic E-state index is 6.19. The number of halogens is 1. The Hall–Kier alpha value is -1.78. The number of methoxy groups -OCH3 is 1. The van der Waals surface area contributed by atoms with Gasteiger partial charge in [-0.05, 0) is 49.3 Å². The molecule has 0 spiro atoms. The third-order valence-corrected chi connectivity index (χ3v) is 4.30. The number of benzene rings is 2. The van der Waals surface area contributed by atoms with Gasteiger partial charge in [-0.3, -0.25) is 4.57 Å². The van der Waals surface area contributed by atoms with Gasteiger partial charge in [-0.2, -0.15) is 0 Å². The fourth-order valence-electron chi connectivity index (χ4n) is 2.55. The van der Waals surface area contributed by atoms with Crippen molar-refractivity contribution in [2.75, 3.05) is 7.11 Å². The molecule has 108 valence electrons. The number of hydrogen-bond donors (Lipinski definition) is 1. The second kappa shape index (κ2) is 5.20. The minimum atomic E-state index is 0.638. The second-order valence-corrected chi connectivity index (χ2v) is 5.80. The molecule has 0 aliphatic carbocycles. The third-order valence-electron chi connectivity index (χ3n) is 3.61. The lowest BCUT2D eigenvalue weighted by Crippen LogP contribution is -2.00. The van der Waals surface area contributed by atoms with E-state index < -0.39 is 0 Å². The molecule has 0 amide bonds. The number of aromatic nitrogens is 2. The van der Waals surface area contributed by atoms with E-state index in [9.17, 15) is 0 Å². The zero-order valence-electron chi connectivity index (χ0n) is 12.0. The van der Waals surface area contributed by atoms with Crippen LogP contribution in [-0.2, 0) is 0 Å². The number of nitrogens with one attached hydrogen (secondary N) is 1. The zero-order chi connectivity index (χ0) is 15.1. The van der Waals surface area contributed by atoms with E-state index in [0.717, 1.165) is 27.8 Å². The van der Waals surface area contributed by atoms with Crippen molar-refractivity contribution in [3.63, 3.8) is 0 Å². The Kier molecular flexibility index (Phi) is 3.51. The molecular formula is C16H15ClN2OS. The number of fused-ring (bicyclic) bond motifs is 1. The molecule has 3 rings (SSSR count). The van der Waals surface area contributed by atoms with Gasteiger partial charge in [0, 0.05) is 11.1 Å². The molecule has 0 fully saturated rings. The summed E-state index contributed by atoms with van der Waals surface area (Å²) in [5.74, 6) is 0.700. The number of nitrogens with zero attached hydrogens (tertiary/aromatic N) is 1. The van der Waals surface area contributed by atoms with Crippen LogP contribution in [0.3, 0.4) is 0 Å². The van der Waals surface area contributed by atoms with Gasteiger partial charge in [0.1, 0.15) is 5.75 Å². The van der Waals surface area contributed by atoms with E-state index in [1.807, 2.05) is 35.8 Å². The van der Waals surface area contributed by atoms with Crippen LogP contribution in [0.25, 0.3) is 16.7 Å². The summed E-state index contributed by atoms with van der Waals surface area (Å²) in [5.41, 5.74) is 5.09. The lowest BCUT2D eigenvalue weighted by Gasteiger charge is -2.13. The van der Waals surface area contributed by atoms with E-state index in [1.54, 1.807) is 7.11 Å². The van der Waals surface area contributed by atoms with E-state index in [0.29, 0.717) is 15.5 Å². The Morgan fingerprint density at radius 2 is 1.95 bits per heavy atom. The van der Waals surface area contributed by atoms with Gasteiger partial charge in [0.05, 0.1) is 23.8 Å². The zero-order valence-corrected chi connectivity index (χ0v) is 13.6. The largest absolute Gasteiger partial charge is 0.495 e. The van der Waals surface area contributed by atoms with E-state index in [4.69, 9.17) is 28.6 Å². The molecule has 0 saturated carbocycles. The van der Waals surface area contributed by atoms with Gasteiger partial charge in [0.15, 0.2) is 4.77 Å². The number of hydrogen-bond acceptors (Lipinski definition) is 2. The fraction of sp³-hybridized carbons (Fsp3) is 0.188. The SMILES string of the molecule is COc1cc(Cl)c(C)cc1-n1c(=S)[nH]c2cccc(C)c21. The third kappa shape index (κ3) is 2.24. The maximum atomic E-state index is 6.19. The Bertz CT molecular complexity index is 895. The monoisotopic (exact) mass is 318 g/mol. The van der Waals surface area contributed by atoms with Crippen LogP contribution < -0.4 is 4.74 Å². The van der Waals surface area contributed by atoms with E-state index in [-0.39, 0.29) is 0 Å². The molecular weight excluding hydrogens is 304 g/mol. The van der Waals surface area contributed by atoms with Crippen LogP contribution in [0.1, 0.15) is 11.1 Å². The summed E-state index contributed by atoms with van der Waals surface area (Å²) >= 11 is 11.7. The van der Waals surface area contributed by atoms with Crippen LogP contribution in [-0.4, -0.2) is 16.7 Å². The standard InChI is InChI=1S/C16H15ClN2OS/c1-9-5-4-6-12-15(9)19(16(21)18-12)13-7-10(2)11(17)8-14(13)20-3/h4-8H,1-3H3,(H,18,21). The first kappa shape index (κ1) is 14.2. The van der Waals surface area contributed by atoms with Crippen molar-refractivity contribution in [1.82, 2.24) is 9.55 Å². The molecule has 0 saturated heterocycles. The highest BCUT2D eigenvalue weighted by atomic mass is 35.5. The number of imidazole rings is 1. The normalized spacial score (nSPS) is 11.0. The smallest absolute Gasteiger partial charge is 0.182 e. The van der Waals surface area contributed by atoms with E-state index >= 15 is 0 Å². The lowest BCUT2D eigenvalue weighted by molar-refractivity contribution is 0.413. The summed E-state index contributed by atoms with van der Waals surface area (Å²) in [6, 6.07) is 9.92. The predicted octanol–water partition coefficient (Wildman–Crippen LogP) is 4.97. The van der Waals surface area contributed by atoms with Crippen LogP contribution >= 0.6 is 23.8 Å². The molecule has 1 heterocycles. The number of para-hydroxylation sites is 1. The fourth-order valence-corrected chi connectivity index (χ4v) is 3.00. The molecule has 0 aliphatic rings. The first-order valence-corrected chi connectivity index (χ1v) is 7.36. The Morgan fingerprint density at radius 1 is 1.19 bits per heavy atom. The number of H-pyrrole nitrogens is 1. The molecule has 0 radical (unpaired) electrons. The highest BCUT2D eigenvalue weighted by molar-refractivity contribution is 7.71. The van der Waals surface area contributed by atoms with Crippen molar-refractivity contribution < 1.29 is 4.74 Å². The van der Waals surface area contributed by atoms with Crippen molar-refractivity contribution in [3.05, 3.63) is 51.3 Å². The average molecular weight is 319 g/mol. The molecule has 0 atom stereocenters. The van der Waals surface area contributed by atoms with Crippen LogP contribution in [0.4, 0.5) is 0 Å². The molecule has 3 aromatic rings. The first-order valence-electron chi connectivity index (χ1n) is 6.58. The Balaban J connectivity index is 2.43. The Morgan fingerprint density at radius 3 is 2.67 bits per heavy atom. The molecule has 5 heteroatoms. The highest BCUT2D eigenvalue weighted by Gasteiger charge is 2.14. The highest BCUT2D eigenvalue weighted by Crippen LogP contribution is 2.33. The van der Waals surface area contributed by atoms with Crippen LogP contribution in [0, 0.1) is 18.6 Å². The topological polar surface area (TPSA) is 29.9 Å². The predicted molar refractivity (Wildman–Crippen MR) is 89.5 cm³/mol. The van der Waals surface area contributed by atoms with Gasteiger partial charge >= 0.3 is 0 Å². The molecule has 1 aromatic heterocycles. The van der Waals surface area contributed by atoms with Crippen molar-refractivity contribution in [1.29, 1.82) is 0 Å². The minimum absolute atomic E-state index is 0.638. The van der Waals surface area contributed by atoms with Crippen molar-refractivity contribution >= 4 is 34.9 Å². The minimum Gasteiger partial charge on any atom is -0.495 e. The second-order valence-electron chi connectivity index (χ2n) is 5.01. The lowest BCUT2D eigenvalue weighted by atomic mass is 10.1. The van der Waals surface area contributed by atoms with Gasteiger partial charge < -0.3 is 9.72 Å². The number of ether oxygens (including phenoxy) is 1. The van der Waals surface area contributed by atoms with E-state index in [1.165, 1.54) is 0 Å². The molecule has 0 unspecified atom stereocenters. The van der Waals surface area contributed by atoms with Crippen molar-refractivity contribution in [2.45, 2.75) is 13.8 Å². The quantitative estimate of drug-likeness (QED) is 0.676. The number of aromatic amines is 1. The van der Waals surface area contributed by atoms with Crippen LogP contribution in [0.5, 0.6) is 5.75 Å². The summed E-state index contributed by atoms with van der Waals surface area (Å²) in [5, 5.41) is 0.679. The molecule has 0 bridgehead atoms. The van der Waals surface area contributed by atoms with Gasteiger partial charge in [-0.15, -0.1) is 0 Å². The Labute approximate surface area is 133 Å². The maximum Gasteiger partial charge on any atom is 0.182 e. The summed E-state index contributed by atoms with van der Waals surface area (Å²) in [6.07, 6.45) is 0. The summed E-state index contributed by atoms with van der Waals surface area (Å²) < 4.78 is 8.12. The summed E-state index contributed by atoms with van der Waals surface area (Å²) in [7, 11) is 1.63. The number of rotatable bonds is 2. The first-order chi connectivity index (χ1) is 10.0. The van der Waals surface area contributed by atoms with Crippen LogP contribution in [0.15, 0.2) is 30.3 Å². The van der Waals surface area contributed by atoms with Gasteiger partial charge in [0.2, 0.25) is 0 Å². The van der Waals surface area contributed by atoms with E-state index in [2.05, 4.69) is 18.0 Å². The molecule has 2 aromatic carbocycles. The number of aryl methyl sites for hydroxylation is 2. The van der Waals surface area contributed by atoms with Crippen LogP contribution in [0.2, 0.25) is 5.02 Å². The molecule has 3 nitrogen and oxygen atoms in total. The molecule has 0 aliphatic heterocycles. The van der Waals surface area contributed by atoms with Crippen molar-refractivity contribution in [2.24, 2.45) is 0 Å². The van der Waals surface area contributed by atoms with Gasteiger partial charge in [-0.25, -0.2) is 0 Å². The average Bonchev–Trinajstić information content (AvgIpc) is 2.79. The summed E-state index contributed by atoms with van der Waals surface area (Å²) in [6.45, 7) is 4.04. The molecule has 21 heavy (non-hydrogen) atoms. The summed E-state index contributed by atoms with van der Waals surface area (Å²) in [4.78, 5) is 3.24. The van der Waals surface area contributed by atoms with Crippen molar-refractivity contribution in [3.8, 4) is 11.4 Å². The van der Waals surface area contributed by atoms with Gasteiger partial charge in [0.25, 0.3) is 0 Å². The van der Waals surface area contributed by atoms with Gasteiger partial charge in [-0.1, -0.05) is 23.7 Å². The molecule has 1 N–H and O–H groups in total.